The summed E-state index contributed by atoms with van der Waals surface area (Å²) in [5, 5.41) is 18.9. The van der Waals surface area contributed by atoms with Crippen LogP contribution in [0.1, 0.15) is 0 Å². The minimum Gasteiger partial charge on any atom is -0.508 e. The first-order valence-corrected chi connectivity index (χ1v) is 5.20. The maximum Gasteiger partial charge on any atom is 0.138 e. The van der Waals surface area contributed by atoms with E-state index in [1.165, 1.54) is 6.07 Å². The number of para-hydroxylation sites is 2. The third-order valence-corrected chi connectivity index (χ3v) is 2.57. The van der Waals surface area contributed by atoms with E-state index in [2.05, 4.69) is 9.97 Å². The second kappa shape index (κ2) is 3.52. The normalized spacial score (nSPS) is 10.8. The number of nitrogens with one attached hydrogen (secondary N) is 1. The molecular weight excluding hydrogens is 216 g/mol. The van der Waals surface area contributed by atoms with Crippen LogP contribution in [-0.2, 0) is 0 Å². The highest BCUT2D eigenvalue weighted by Gasteiger charge is 2.07. The van der Waals surface area contributed by atoms with Crippen LogP contribution in [0.15, 0.2) is 42.5 Å². The molecule has 4 heteroatoms. The van der Waals surface area contributed by atoms with E-state index < -0.39 is 0 Å². The molecule has 1 heterocycles. The summed E-state index contributed by atoms with van der Waals surface area (Å²) >= 11 is 0. The number of H-pyrrole nitrogens is 1. The van der Waals surface area contributed by atoms with Crippen LogP contribution in [0.5, 0.6) is 11.5 Å². The number of fused-ring (bicyclic) bond motifs is 1. The Labute approximate surface area is 97.2 Å². The zero-order chi connectivity index (χ0) is 11.8. The highest BCUT2D eigenvalue weighted by Crippen LogP contribution is 2.27. The first kappa shape index (κ1) is 9.72. The Morgan fingerprint density at radius 3 is 2.35 bits per heavy atom. The van der Waals surface area contributed by atoms with Crippen LogP contribution in [0, 0.1) is 0 Å². The third-order valence-electron chi connectivity index (χ3n) is 2.57. The summed E-state index contributed by atoms with van der Waals surface area (Å²) < 4.78 is 0. The lowest BCUT2D eigenvalue weighted by atomic mass is 10.2. The van der Waals surface area contributed by atoms with Crippen molar-refractivity contribution in [2.45, 2.75) is 0 Å². The van der Waals surface area contributed by atoms with Crippen LogP contribution in [0.25, 0.3) is 22.4 Å². The van der Waals surface area contributed by atoms with Crippen molar-refractivity contribution in [2.75, 3.05) is 0 Å². The molecule has 0 spiro atoms. The molecule has 0 amide bonds. The van der Waals surface area contributed by atoms with Gasteiger partial charge < -0.3 is 15.2 Å². The summed E-state index contributed by atoms with van der Waals surface area (Å²) in [4.78, 5) is 7.52. The van der Waals surface area contributed by atoms with Crippen LogP contribution in [0.4, 0.5) is 0 Å². The van der Waals surface area contributed by atoms with E-state index in [1.807, 2.05) is 24.3 Å². The van der Waals surface area contributed by atoms with Gasteiger partial charge in [-0.05, 0) is 24.3 Å². The van der Waals surface area contributed by atoms with Gasteiger partial charge >= 0.3 is 0 Å². The number of phenolic OH excluding ortho intramolecular Hbond substituents is 2. The summed E-state index contributed by atoms with van der Waals surface area (Å²) in [6.45, 7) is 0. The number of hydrogen-bond acceptors (Lipinski definition) is 3. The molecule has 84 valence electrons. The number of rotatable bonds is 1. The standard InChI is InChI=1S/C13H10N2O2/c16-9-5-8(6-10(17)7-9)13-14-11-3-1-2-4-12(11)15-13/h1-7,16-17H,(H,14,15). The maximum atomic E-state index is 9.43. The van der Waals surface area contributed by atoms with Gasteiger partial charge in [0.15, 0.2) is 0 Å². The van der Waals surface area contributed by atoms with Gasteiger partial charge in [0, 0.05) is 11.6 Å². The minimum atomic E-state index is 0.0143. The highest BCUT2D eigenvalue weighted by molar-refractivity contribution is 5.79. The highest BCUT2D eigenvalue weighted by atomic mass is 16.3. The zero-order valence-electron chi connectivity index (χ0n) is 8.88. The Balaban J connectivity index is 2.20. The number of phenols is 2. The first-order chi connectivity index (χ1) is 8.22. The number of hydrogen-bond donors (Lipinski definition) is 3. The minimum absolute atomic E-state index is 0.0143. The fraction of sp³-hybridized carbons (Fsp3) is 0. The van der Waals surface area contributed by atoms with Crippen molar-refractivity contribution in [3.63, 3.8) is 0 Å². The molecule has 0 aliphatic carbocycles. The Bertz CT molecular complexity index is 635. The Kier molecular flexibility index (Phi) is 2.01. The molecule has 3 rings (SSSR count). The molecule has 1 aromatic heterocycles. The molecule has 0 saturated heterocycles. The van der Waals surface area contributed by atoms with Crippen LogP contribution in [0.3, 0.4) is 0 Å². The molecule has 0 radical (unpaired) electrons. The lowest BCUT2D eigenvalue weighted by Gasteiger charge is -1.99. The van der Waals surface area contributed by atoms with Gasteiger partial charge in [0.05, 0.1) is 11.0 Å². The Morgan fingerprint density at radius 1 is 0.941 bits per heavy atom. The van der Waals surface area contributed by atoms with E-state index in [0.717, 1.165) is 11.0 Å². The summed E-state index contributed by atoms with van der Waals surface area (Å²) in [7, 11) is 0. The summed E-state index contributed by atoms with van der Waals surface area (Å²) in [6, 6.07) is 12.0. The fourth-order valence-corrected chi connectivity index (χ4v) is 1.82. The number of aromatic hydroxyl groups is 2. The van der Waals surface area contributed by atoms with Crippen LogP contribution in [-0.4, -0.2) is 20.2 Å². The van der Waals surface area contributed by atoms with Crippen molar-refractivity contribution < 1.29 is 10.2 Å². The number of nitrogens with zero attached hydrogens (tertiary/aromatic N) is 1. The first-order valence-electron chi connectivity index (χ1n) is 5.20. The van der Waals surface area contributed by atoms with Gasteiger partial charge in [-0.25, -0.2) is 4.98 Å². The molecule has 3 aromatic rings. The van der Waals surface area contributed by atoms with Crippen LogP contribution in [0.2, 0.25) is 0 Å². The summed E-state index contributed by atoms with van der Waals surface area (Å²) in [5.74, 6) is 0.651. The number of imidazole rings is 1. The molecule has 0 aliphatic rings. The molecule has 2 aromatic carbocycles. The number of benzene rings is 2. The molecule has 0 atom stereocenters. The lowest BCUT2D eigenvalue weighted by molar-refractivity contribution is 0.451. The largest absolute Gasteiger partial charge is 0.508 e. The average Bonchev–Trinajstić information content (AvgIpc) is 2.71. The summed E-state index contributed by atoms with van der Waals surface area (Å²) in [5.41, 5.74) is 2.43. The molecule has 4 nitrogen and oxygen atoms in total. The lowest BCUT2D eigenvalue weighted by Crippen LogP contribution is -1.80. The van der Waals surface area contributed by atoms with E-state index >= 15 is 0 Å². The van der Waals surface area contributed by atoms with Crippen molar-refractivity contribution in [3.8, 4) is 22.9 Å². The maximum absolute atomic E-state index is 9.43. The molecule has 0 unspecified atom stereocenters. The van der Waals surface area contributed by atoms with Gasteiger partial charge in [0.1, 0.15) is 17.3 Å². The van der Waals surface area contributed by atoms with Gasteiger partial charge in [-0.1, -0.05) is 12.1 Å². The van der Waals surface area contributed by atoms with Gasteiger partial charge in [0.2, 0.25) is 0 Å². The number of aromatic nitrogens is 2. The van der Waals surface area contributed by atoms with E-state index in [4.69, 9.17) is 0 Å². The molecular formula is C13H10N2O2. The smallest absolute Gasteiger partial charge is 0.138 e. The Morgan fingerprint density at radius 2 is 1.65 bits per heavy atom. The SMILES string of the molecule is Oc1cc(O)cc(-c2nc3ccccc3[nH]2)c1. The van der Waals surface area contributed by atoms with Gasteiger partial charge in [-0.2, -0.15) is 0 Å². The van der Waals surface area contributed by atoms with Crippen molar-refractivity contribution in [2.24, 2.45) is 0 Å². The third kappa shape index (κ3) is 1.69. The predicted molar refractivity (Wildman–Crippen MR) is 64.9 cm³/mol. The molecule has 0 aliphatic heterocycles. The molecule has 0 fully saturated rings. The number of aromatic amines is 1. The van der Waals surface area contributed by atoms with Crippen LogP contribution < -0.4 is 0 Å². The zero-order valence-corrected chi connectivity index (χ0v) is 8.88. The predicted octanol–water partition coefficient (Wildman–Crippen LogP) is 2.64. The van der Waals surface area contributed by atoms with Gasteiger partial charge in [-0.3, -0.25) is 0 Å². The fourth-order valence-electron chi connectivity index (χ4n) is 1.82. The monoisotopic (exact) mass is 226 g/mol. The molecule has 17 heavy (non-hydrogen) atoms. The second-order valence-electron chi connectivity index (χ2n) is 3.84. The van der Waals surface area contributed by atoms with E-state index in [1.54, 1.807) is 12.1 Å². The van der Waals surface area contributed by atoms with E-state index in [-0.39, 0.29) is 11.5 Å². The van der Waals surface area contributed by atoms with E-state index in [9.17, 15) is 10.2 Å². The topological polar surface area (TPSA) is 69.1 Å². The second-order valence-corrected chi connectivity index (χ2v) is 3.84. The average molecular weight is 226 g/mol. The summed E-state index contributed by atoms with van der Waals surface area (Å²) in [6.07, 6.45) is 0. The Hall–Kier alpha value is -2.49. The van der Waals surface area contributed by atoms with Crippen molar-refractivity contribution in [3.05, 3.63) is 42.5 Å². The molecule has 3 N–H and O–H groups in total. The van der Waals surface area contributed by atoms with Crippen molar-refractivity contribution in [1.29, 1.82) is 0 Å². The quantitative estimate of drug-likeness (QED) is 0.597. The molecule has 0 bridgehead atoms. The van der Waals surface area contributed by atoms with Crippen LogP contribution >= 0.6 is 0 Å². The van der Waals surface area contributed by atoms with E-state index in [0.29, 0.717) is 11.4 Å². The van der Waals surface area contributed by atoms with Gasteiger partial charge in [-0.15, -0.1) is 0 Å². The molecule has 0 saturated carbocycles. The van der Waals surface area contributed by atoms with Crippen molar-refractivity contribution >= 4 is 11.0 Å². The van der Waals surface area contributed by atoms with Crippen molar-refractivity contribution in [1.82, 2.24) is 9.97 Å². The van der Waals surface area contributed by atoms with Gasteiger partial charge in [0.25, 0.3) is 0 Å².